The predicted octanol–water partition coefficient (Wildman–Crippen LogP) is 4.38. The first-order valence-electron chi connectivity index (χ1n) is 7.26. The lowest BCUT2D eigenvalue weighted by atomic mass is 10.2. The number of amides is 2. The smallest absolute Gasteiger partial charge is 0.422 e. The second kappa shape index (κ2) is 7.61. The summed E-state index contributed by atoms with van der Waals surface area (Å²) in [4.78, 5) is 25.9. The van der Waals surface area contributed by atoms with Gasteiger partial charge in [0.1, 0.15) is 17.1 Å². The molecule has 2 aromatic rings. The van der Waals surface area contributed by atoms with Crippen molar-refractivity contribution in [1.29, 1.82) is 0 Å². The van der Waals surface area contributed by atoms with Crippen LogP contribution in [0.25, 0.3) is 6.08 Å². The number of carbonyl (C=O) groups excluding carboxylic acids is 2. The van der Waals surface area contributed by atoms with Crippen LogP contribution in [0.1, 0.15) is 37.0 Å². The van der Waals surface area contributed by atoms with E-state index >= 15 is 0 Å². The van der Waals surface area contributed by atoms with Crippen molar-refractivity contribution in [1.82, 2.24) is 10.3 Å². The summed E-state index contributed by atoms with van der Waals surface area (Å²) in [6.45, 7) is 4.79. The van der Waals surface area contributed by atoms with Crippen molar-refractivity contribution < 1.29 is 27.7 Å². The van der Waals surface area contributed by atoms with Gasteiger partial charge < -0.3 is 4.74 Å². The molecule has 0 atom stereocenters. The highest BCUT2D eigenvalue weighted by Crippen LogP contribution is 2.26. The zero-order valence-corrected chi connectivity index (χ0v) is 14.8. The monoisotopic (exact) mass is 385 g/mol. The van der Waals surface area contributed by atoms with E-state index in [0.29, 0.717) is 4.90 Å². The van der Waals surface area contributed by atoms with E-state index in [0.717, 1.165) is 24.3 Å². The van der Waals surface area contributed by atoms with E-state index in [9.17, 15) is 18.4 Å². The predicted molar refractivity (Wildman–Crippen MR) is 88.9 cm³/mol. The number of aromatic nitrogens is 2. The number of ether oxygens (including phenoxy) is 1. The molecule has 0 aliphatic carbocycles. The van der Waals surface area contributed by atoms with Crippen LogP contribution >= 0.6 is 11.6 Å². The van der Waals surface area contributed by atoms with Gasteiger partial charge in [-0.25, -0.2) is 23.1 Å². The zero-order chi connectivity index (χ0) is 19.5. The van der Waals surface area contributed by atoms with Crippen molar-refractivity contribution in [2.75, 3.05) is 4.90 Å². The highest BCUT2D eigenvalue weighted by Gasteiger charge is 2.33. The van der Waals surface area contributed by atoms with E-state index in [-0.39, 0.29) is 22.7 Å². The average Bonchev–Trinajstić information content (AvgIpc) is 2.98. The molecule has 2 amide bonds. The molecule has 10 heteroatoms. The molecule has 0 radical (unpaired) electrons. The molecule has 0 aliphatic rings. The maximum absolute atomic E-state index is 13.4. The van der Waals surface area contributed by atoms with Crippen molar-refractivity contribution in [3.63, 3.8) is 0 Å². The van der Waals surface area contributed by atoms with Crippen LogP contribution in [0.15, 0.2) is 29.2 Å². The van der Waals surface area contributed by atoms with Crippen LogP contribution in [-0.2, 0) is 4.74 Å². The number of carbonyl (C=O) groups is 2. The normalized spacial score (nSPS) is 11.6. The van der Waals surface area contributed by atoms with Crippen molar-refractivity contribution in [3.05, 3.63) is 46.8 Å². The average molecular weight is 386 g/mol. The molecule has 0 bridgehead atoms. The number of hydrogen-bond donors (Lipinski definition) is 0. The van der Waals surface area contributed by atoms with Gasteiger partial charge in [-0.15, -0.1) is 0 Å². The van der Waals surface area contributed by atoms with Crippen molar-refractivity contribution in [3.8, 4) is 0 Å². The Morgan fingerprint density at radius 2 is 2.00 bits per heavy atom. The summed E-state index contributed by atoms with van der Waals surface area (Å²) in [5.74, 6) is -1.76. The highest BCUT2D eigenvalue weighted by atomic mass is 35.5. The molecule has 0 saturated carbocycles. The van der Waals surface area contributed by atoms with Gasteiger partial charge >= 0.3 is 6.09 Å². The molecule has 26 heavy (non-hydrogen) atoms. The molecule has 0 fully saturated rings. The lowest BCUT2D eigenvalue weighted by Gasteiger charge is -2.25. The van der Waals surface area contributed by atoms with Crippen molar-refractivity contribution in [2.45, 2.75) is 26.4 Å². The minimum Gasteiger partial charge on any atom is -0.443 e. The molecular formula is C16H14ClF2N3O4. The van der Waals surface area contributed by atoms with Crippen molar-refractivity contribution in [2.24, 2.45) is 0 Å². The quantitative estimate of drug-likeness (QED) is 0.779. The maximum atomic E-state index is 13.4. The number of anilines is 1. The SMILES string of the molecule is CC(C)(C)OC(=O)N(C(=O)c1nonc1/C=C/F)c1ccc(F)c(Cl)c1. The summed E-state index contributed by atoms with van der Waals surface area (Å²) in [6.07, 6.45) is -0.110. The van der Waals surface area contributed by atoms with Crippen LogP contribution < -0.4 is 4.90 Å². The minimum atomic E-state index is -1.07. The van der Waals surface area contributed by atoms with E-state index in [4.69, 9.17) is 16.3 Å². The third kappa shape index (κ3) is 4.42. The van der Waals surface area contributed by atoms with Crippen LogP contribution in [0, 0.1) is 5.82 Å². The molecule has 0 N–H and O–H groups in total. The van der Waals surface area contributed by atoms with E-state index in [1.54, 1.807) is 20.8 Å². The van der Waals surface area contributed by atoms with E-state index in [2.05, 4.69) is 14.9 Å². The Morgan fingerprint density at radius 1 is 1.31 bits per heavy atom. The fourth-order valence-electron chi connectivity index (χ4n) is 1.86. The molecule has 2 rings (SSSR count). The van der Waals surface area contributed by atoms with Crippen LogP contribution in [0.3, 0.4) is 0 Å². The molecule has 0 saturated heterocycles. The van der Waals surface area contributed by atoms with Gasteiger partial charge in [-0.05, 0) is 55.4 Å². The number of rotatable bonds is 3. The molecule has 0 spiro atoms. The van der Waals surface area contributed by atoms with Gasteiger partial charge in [-0.3, -0.25) is 4.79 Å². The van der Waals surface area contributed by atoms with E-state index < -0.39 is 29.1 Å². The van der Waals surface area contributed by atoms with Gasteiger partial charge in [0, 0.05) is 0 Å². The maximum Gasteiger partial charge on any atom is 0.422 e. The van der Waals surface area contributed by atoms with Crippen LogP contribution in [-0.4, -0.2) is 27.9 Å². The molecule has 1 aromatic heterocycles. The largest absolute Gasteiger partial charge is 0.443 e. The van der Waals surface area contributed by atoms with Gasteiger partial charge in [-0.2, -0.15) is 0 Å². The second-order valence-corrected chi connectivity index (χ2v) is 6.42. The lowest BCUT2D eigenvalue weighted by Crippen LogP contribution is -2.41. The molecule has 138 valence electrons. The summed E-state index contributed by atoms with van der Waals surface area (Å²) in [5, 5.41) is 6.45. The van der Waals surface area contributed by atoms with Gasteiger partial charge in [-0.1, -0.05) is 11.6 Å². The Kier molecular flexibility index (Phi) is 5.71. The Hall–Kier alpha value is -2.81. The number of hydrogen-bond acceptors (Lipinski definition) is 6. The highest BCUT2D eigenvalue weighted by molar-refractivity contribution is 6.31. The van der Waals surface area contributed by atoms with Gasteiger partial charge in [0.05, 0.1) is 17.0 Å². The molecule has 0 unspecified atom stereocenters. The summed E-state index contributed by atoms with van der Waals surface area (Å²) >= 11 is 5.73. The minimum absolute atomic E-state index is 0.0752. The number of halogens is 3. The Morgan fingerprint density at radius 3 is 2.58 bits per heavy atom. The third-order valence-electron chi connectivity index (χ3n) is 2.88. The first-order valence-corrected chi connectivity index (χ1v) is 7.63. The summed E-state index contributed by atoms with van der Waals surface area (Å²) in [5.41, 5.74) is -1.68. The Bertz CT molecular complexity index is 861. The van der Waals surface area contributed by atoms with Crippen LogP contribution in [0.5, 0.6) is 0 Å². The first kappa shape index (κ1) is 19.5. The summed E-state index contributed by atoms with van der Waals surface area (Å²) in [6, 6.07) is 3.20. The third-order valence-corrected chi connectivity index (χ3v) is 3.17. The summed E-state index contributed by atoms with van der Waals surface area (Å²) < 4.78 is 35.5. The summed E-state index contributed by atoms with van der Waals surface area (Å²) in [7, 11) is 0. The molecule has 1 heterocycles. The Balaban J connectivity index is 2.52. The molecule has 1 aromatic carbocycles. The zero-order valence-electron chi connectivity index (χ0n) is 14.0. The fraction of sp³-hybridized carbons (Fsp3) is 0.250. The number of benzene rings is 1. The standard InChI is InChI=1S/C16H14ClF2N3O4/c1-16(2,3)25-15(24)22(9-4-5-11(19)10(17)8-9)14(23)13-12(6-7-18)20-26-21-13/h4-8H,1-3H3/b7-6+. The van der Waals surface area contributed by atoms with Crippen molar-refractivity contribution >= 4 is 35.4 Å². The van der Waals surface area contributed by atoms with Gasteiger partial charge in [0.15, 0.2) is 0 Å². The second-order valence-electron chi connectivity index (χ2n) is 6.01. The lowest BCUT2D eigenvalue weighted by molar-refractivity contribution is 0.0563. The van der Waals surface area contributed by atoms with Gasteiger partial charge in [0.25, 0.3) is 5.91 Å². The van der Waals surface area contributed by atoms with E-state index in [1.807, 2.05) is 0 Å². The Labute approximate surface area is 152 Å². The van der Waals surface area contributed by atoms with Crippen LogP contribution in [0.4, 0.5) is 19.3 Å². The van der Waals surface area contributed by atoms with E-state index in [1.165, 1.54) is 0 Å². The molecular weight excluding hydrogens is 372 g/mol. The number of nitrogens with zero attached hydrogens (tertiary/aromatic N) is 3. The molecule has 0 aliphatic heterocycles. The first-order chi connectivity index (χ1) is 12.1. The topological polar surface area (TPSA) is 85.5 Å². The number of imide groups is 1. The van der Waals surface area contributed by atoms with Gasteiger partial charge in [0.2, 0.25) is 5.69 Å². The van der Waals surface area contributed by atoms with Crippen LogP contribution in [0.2, 0.25) is 5.02 Å². The molecule has 7 nitrogen and oxygen atoms in total. The fourth-order valence-corrected chi connectivity index (χ4v) is 2.03.